The van der Waals surface area contributed by atoms with E-state index in [0.717, 1.165) is 6.08 Å². The second-order valence-corrected chi connectivity index (χ2v) is 7.90. The third-order valence-electron chi connectivity index (χ3n) is 5.50. The van der Waals surface area contributed by atoms with Crippen LogP contribution in [0.15, 0.2) is 30.3 Å². The lowest BCUT2D eigenvalue weighted by Crippen LogP contribution is -2.64. The summed E-state index contributed by atoms with van der Waals surface area (Å²) in [5.41, 5.74) is 0.614. The normalized spacial score (nSPS) is 38.7. The Balaban J connectivity index is 1.54. The minimum Gasteiger partial charge on any atom is -0.508 e. The highest BCUT2D eigenvalue weighted by Gasteiger charge is 2.50. The molecule has 0 aliphatic carbocycles. The van der Waals surface area contributed by atoms with Gasteiger partial charge < -0.3 is 59.8 Å². The molecule has 0 aromatic heterocycles. The monoisotopic (exact) mass is 488 g/mol. The maximum Gasteiger partial charge on any atom is 0.330 e. The Bertz CT molecular complexity index is 828. The van der Waals surface area contributed by atoms with Crippen molar-refractivity contribution in [1.29, 1.82) is 0 Å². The lowest BCUT2D eigenvalue weighted by Gasteiger charge is -2.45. The van der Waals surface area contributed by atoms with E-state index in [1.165, 1.54) is 18.2 Å². The molecule has 2 heterocycles. The van der Waals surface area contributed by atoms with Crippen LogP contribution in [0.1, 0.15) is 5.56 Å². The number of hydrogen-bond donors (Lipinski definition) is 8. The summed E-state index contributed by atoms with van der Waals surface area (Å²) in [6, 6.07) is 6.00. The van der Waals surface area contributed by atoms with Gasteiger partial charge in [-0.2, -0.15) is 0 Å². The summed E-state index contributed by atoms with van der Waals surface area (Å²) in [5.74, 6) is -0.735. The van der Waals surface area contributed by atoms with Crippen molar-refractivity contribution in [2.24, 2.45) is 0 Å². The Kier molecular flexibility index (Phi) is 8.95. The fraction of sp³-hybridized carbons (Fsp3) is 0.571. The van der Waals surface area contributed by atoms with Crippen LogP contribution in [0.5, 0.6) is 5.75 Å². The molecule has 3 rings (SSSR count). The molecule has 2 fully saturated rings. The third-order valence-corrected chi connectivity index (χ3v) is 5.50. The van der Waals surface area contributed by atoms with Crippen LogP contribution in [0.2, 0.25) is 0 Å². The zero-order valence-corrected chi connectivity index (χ0v) is 17.8. The molecule has 13 nitrogen and oxygen atoms in total. The van der Waals surface area contributed by atoms with Gasteiger partial charge in [0.1, 0.15) is 61.2 Å². The van der Waals surface area contributed by atoms with Crippen molar-refractivity contribution in [3.05, 3.63) is 35.9 Å². The number of phenolic OH excluding ortho intramolecular Hbond substituents is 1. The molecule has 34 heavy (non-hydrogen) atoms. The summed E-state index contributed by atoms with van der Waals surface area (Å²) in [6.07, 6.45) is -13.9. The molecule has 0 bridgehead atoms. The topological polar surface area (TPSA) is 216 Å². The van der Waals surface area contributed by atoms with Crippen molar-refractivity contribution in [3.63, 3.8) is 0 Å². The van der Waals surface area contributed by atoms with Crippen LogP contribution in [0.3, 0.4) is 0 Å². The molecule has 2 aliphatic rings. The van der Waals surface area contributed by atoms with E-state index in [0.29, 0.717) is 5.56 Å². The predicted molar refractivity (Wildman–Crippen MR) is 110 cm³/mol. The number of aliphatic hydroxyl groups excluding tert-OH is 7. The van der Waals surface area contributed by atoms with Crippen LogP contribution in [0.4, 0.5) is 0 Å². The molecule has 0 radical (unpaired) electrons. The number of hydrogen-bond acceptors (Lipinski definition) is 13. The number of aromatic hydroxyl groups is 1. The SMILES string of the molecule is O=C(C=Cc1ccc(O)cc1)OC[C@H]1O[C@@H](O)[C@@H](O[C@@H]2O[C@@H](CO)[C@@H](O)[C@@H](O)[C@H]2O)[C@@H](O)[C@@H]1O. The predicted octanol–water partition coefficient (Wildman–Crippen LogP) is -3.43. The zero-order valence-electron chi connectivity index (χ0n) is 17.8. The van der Waals surface area contributed by atoms with Crippen LogP contribution in [-0.4, -0.2) is 121 Å². The summed E-state index contributed by atoms with van der Waals surface area (Å²) in [4.78, 5) is 11.9. The van der Waals surface area contributed by atoms with Crippen LogP contribution >= 0.6 is 0 Å². The molecule has 0 amide bonds. The van der Waals surface area contributed by atoms with E-state index in [1.807, 2.05) is 0 Å². The largest absolute Gasteiger partial charge is 0.508 e. The number of benzene rings is 1. The number of carbonyl (C=O) groups is 1. The molecule has 0 spiro atoms. The maximum absolute atomic E-state index is 11.9. The Morgan fingerprint density at radius 2 is 1.53 bits per heavy atom. The summed E-state index contributed by atoms with van der Waals surface area (Å²) in [5, 5.41) is 79.1. The molecule has 0 unspecified atom stereocenters. The summed E-state index contributed by atoms with van der Waals surface area (Å²) < 4.78 is 20.6. The van der Waals surface area contributed by atoms with Gasteiger partial charge in [-0.1, -0.05) is 12.1 Å². The number of esters is 1. The van der Waals surface area contributed by atoms with Crippen molar-refractivity contribution in [2.75, 3.05) is 13.2 Å². The Morgan fingerprint density at radius 1 is 0.882 bits per heavy atom. The van der Waals surface area contributed by atoms with Crippen molar-refractivity contribution >= 4 is 12.0 Å². The molecule has 10 atom stereocenters. The van der Waals surface area contributed by atoms with Gasteiger partial charge in [0.2, 0.25) is 0 Å². The molecular weight excluding hydrogens is 460 g/mol. The first-order valence-electron chi connectivity index (χ1n) is 10.4. The molecule has 190 valence electrons. The number of phenols is 1. The van der Waals surface area contributed by atoms with E-state index in [9.17, 15) is 45.6 Å². The highest BCUT2D eigenvalue weighted by Crippen LogP contribution is 2.28. The second-order valence-electron chi connectivity index (χ2n) is 7.90. The van der Waals surface area contributed by atoms with Gasteiger partial charge in [-0.05, 0) is 23.8 Å². The maximum atomic E-state index is 11.9. The van der Waals surface area contributed by atoms with Gasteiger partial charge >= 0.3 is 5.97 Å². The number of aliphatic hydroxyl groups is 7. The highest BCUT2D eigenvalue weighted by molar-refractivity contribution is 5.87. The minimum absolute atomic E-state index is 0.0640. The van der Waals surface area contributed by atoms with Gasteiger partial charge in [0.15, 0.2) is 12.6 Å². The summed E-state index contributed by atoms with van der Waals surface area (Å²) in [7, 11) is 0. The average Bonchev–Trinajstić information content (AvgIpc) is 2.82. The van der Waals surface area contributed by atoms with Gasteiger partial charge in [0.25, 0.3) is 0 Å². The standard InChI is InChI=1S/C21H28O13/c22-7-11-14(25)16(27)18(29)21(33-11)34-19-17(28)15(26)12(32-20(19)30)8-31-13(24)6-3-9-1-4-10(23)5-2-9/h1-6,11-12,14-23,25-30H,7-8H2/t11-,12+,14+,15+,16+,17-,18+,19-,20+,21-/m0/s1. The fourth-order valence-corrected chi connectivity index (χ4v) is 3.50. The molecule has 8 N–H and O–H groups in total. The van der Waals surface area contributed by atoms with E-state index in [-0.39, 0.29) is 5.75 Å². The van der Waals surface area contributed by atoms with Gasteiger partial charge in [0.05, 0.1) is 6.61 Å². The van der Waals surface area contributed by atoms with Gasteiger partial charge in [-0.15, -0.1) is 0 Å². The van der Waals surface area contributed by atoms with Crippen molar-refractivity contribution in [3.8, 4) is 5.75 Å². The van der Waals surface area contributed by atoms with Crippen molar-refractivity contribution in [2.45, 2.75) is 61.4 Å². The average molecular weight is 488 g/mol. The van der Waals surface area contributed by atoms with E-state index >= 15 is 0 Å². The van der Waals surface area contributed by atoms with E-state index in [4.69, 9.17) is 18.9 Å². The van der Waals surface area contributed by atoms with E-state index < -0.39 is 80.6 Å². The summed E-state index contributed by atoms with van der Waals surface area (Å²) >= 11 is 0. The number of carbonyl (C=O) groups excluding carboxylic acids is 1. The number of rotatable bonds is 7. The Morgan fingerprint density at radius 3 is 2.18 bits per heavy atom. The molecule has 2 aliphatic heterocycles. The smallest absolute Gasteiger partial charge is 0.330 e. The highest BCUT2D eigenvalue weighted by atomic mass is 16.7. The van der Waals surface area contributed by atoms with Crippen LogP contribution < -0.4 is 0 Å². The molecule has 13 heteroatoms. The van der Waals surface area contributed by atoms with Gasteiger partial charge in [0, 0.05) is 6.08 Å². The molecule has 2 saturated heterocycles. The fourth-order valence-electron chi connectivity index (χ4n) is 3.50. The first kappa shape index (κ1) is 26.4. The first-order chi connectivity index (χ1) is 16.1. The van der Waals surface area contributed by atoms with Crippen LogP contribution in [-0.2, 0) is 23.7 Å². The first-order valence-corrected chi connectivity index (χ1v) is 10.4. The van der Waals surface area contributed by atoms with Crippen molar-refractivity contribution < 1.29 is 64.6 Å². The summed E-state index contributed by atoms with van der Waals surface area (Å²) in [6.45, 7) is -1.24. The van der Waals surface area contributed by atoms with E-state index in [2.05, 4.69) is 0 Å². The number of ether oxygens (including phenoxy) is 4. The molecule has 1 aromatic rings. The zero-order chi connectivity index (χ0) is 25.0. The lowest BCUT2D eigenvalue weighted by atomic mass is 9.97. The molecule has 0 saturated carbocycles. The Hall–Kier alpha value is -2.17. The van der Waals surface area contributed by atoms with Crippen LogP contribution in [0, 0.1) is 0 Å². The van der Waals surface area contributed by atoms with E-state index in [1.54, 1.807) is 12.1 Å². The molecule has 1 aromatic carbocycles. The second kappa shape index (κ2) is 11.5. The minimum atomic E-state index is -1.86. The quantitative estimate of drug-likeness (QED) is 0.139. The third kappa shape index (κ3) is 6.09. The van der Waals surface area contributed by atoms with Crippen molar-refractivity contribution in [1.82, 2.24) is 0 Å². The molecular formula is C21H28O13. The Labute approximate surface area is 193 Å². The van der Waals surface area contributed by atoms with Gasteiger partial charge in [-0.25, -0.2) is 4.79 Å². The van der Waals surface area contributed by atoms with Crippen LogP contribution in [0.25, 0.3) is 6.08 Å². The van der Waals surface area contributed by atoms with Gasteiger partial charge in [-0.3, -0.25) is 0 Å². The lowest BCUT2D eigenvalue weighted by molar-refractivity contribution is -0.361.